The van der Waals surface area contributed by atoms with E-state index >= 15 is 0 Å². The monoisotopic (exact) mass is 460 g/mol. The number of pyridine rings is 1. The SMILES string of the molecule is CC(C)C(C)C(=O)NCC(F)(F)F.Nc1nc(-c2c[nH]c3ncc(Cl)cc23)ncc1F. The average molecular weight is 461 g/mol. The van der Waals surface area contributed by atoms with Crippen LogP contribution in [0.25, 0.3) is 22.4 Å². The first kappa shape index (κ1) is 24.3. The summed E-state index contributed by atoms with van der Waals surface area (Å²) >= 11 is 5.89. The van der Waals surface area contributed by atoms with Crippen molar-refractivity contribution in [1.82, 2.24) is 25.3 Å². The van der Waals surface area contributed by atoms with Crippen LogP contribution >= 0.6 is 11.6 Å². The lowest BCUT2D eigenvalue weighted by Gasteiger charge is -2.16. The third-order valence-corrected chi connectivity index (χ3v) is 4.59. The number of nitrogen functional groups attached to an aromatic ring is 1. The summed E-state index contributed by atoms with van der Waals surface area (Å²) in [5, 5.41) is 3.10. The molecule has 3 heterocycles. The number of hydrogen-bond acceptors (Lipinski definition) is 5. The van der Waals surface area contributed by atoms with Gasteiger partial charge in [-0.05, 0) is 12.0 Å². The molecular weight excluding hydrogens is 440 g/mol. The Morgan fingerprint density at radius 2 is 1.94 bits per heavy atom. The first-order chi connectivity index (χ1) is 14.4. The molecule has 0 aromatic carbocycles. The van der Waals surface area contributed by atoms with Crippen molar-refractivity contribution >= 4 is 34.4 Å². The van der Waals surface area contributed by atoms with Crippen molar-refractivity contribution in [3.63, 3.8) is 0 Å². The number of aromatic amines is 1. The first-order valence-corrected chi connectivity index (χ1v) is 9.52. The highest BCUT2D eigenvalue weighted by molar-refractivity contribution is 6.31. The van der Waals surface area contributed by atoms with Crippen LogP contribution in [0.5, 0.6) is 0 Å². The minimum atomic E-state index is -4.33. The van der Waals surface area contributed by atoms with Crippen LogP contribution in [0.2, 0.25) is 5.02 Å². The smallest absolute Gasteiger partial charge is 0.381 e. The van der Waals surface area contributed by atoms with E-state index in [2.05, 4.69) is 19.9 Å². The molecule has 1 unspecified atom stereocenters. The average Bonchev–Trinajstić information content (AvgIpc) is 3.10. The van der Waals surface area contributed by atoms with E-state index in [1.165, 1.54) is 6.20 Å². The van der Waals surface area contributed by atoms with Gasteiger partial charge in [0.25, 0.3) is 0 Å². The van der Waals surface area contributed by atoms with E-state index < -0.39 is 24.4 Å². The van der Waals surface area contributed by atoms with Crippen LogP contribution in [0.1, 0.15) is 20.8 Å². The van der Waals surface area contributed by atoms with Crippen molar-refractivity contribution in [1.29, 1.82) is 0 Å². The third kappa shape index (κ3) is 6.78. The Morgan fingerprint density at radius 3 is 2.52 bits per heavy atom. The van der Waals surface area contributed by atoms with E-state index in [4.69, 9.17) is 17.3 Å². The number of H-pyrrole nitrogens is 1. The largest absolute Gasteiger partial charge is 0.405 e. The number of nitrogens with zero attached hydrogens (tertiary/aromatic N) is 3. The number of aromatic nitrogens is 4. The molecule has 3 aromatic rings. The molecular formula is C19H21ClF4N6O. The second kappa shape index (κ2) is 9.90. The number of fused-ring (bicyclic) bond motifs is 1. The van der Waals surface area contributed by atoms with Gasteiger partial charge < -0.3 is 16.0 Å². The van der Waals surface area contributed by atoms with Crippen LogP contribution in [0.4, 0.5) is 23.4 Å². The number of halogens is 5. The van der Waals surface area contributed by atoms with Crippen molar-refractivity contribution in [2.75, 3.05) is 12.3 Å². The maximum atomic E-state index is 13.0. The molecule has 0 spiro atoms. The molecule has 0 bridgehead atoms. The molecule has 4 N–H and O–H groups in total. The summed E-state index contributed by atoms with van der Waals surface area (Å²) < 4.78 is 48.0. The Morgan fingerprint density at radius 1 is 1.26 bits per heavy atom. The van der Waals surface area contributed by atoms with E-state index in [-0.39, 0.29) is 17.7 Å². The standard InChI is InChI=1S/C11H7ClFN5.C8H14F3NO/c12-5-1-6-7(3-16-10(6)15-2-5)11-17-4-8(13)9(14)18-11;1-5(2)6(3)7(13)12-4-8(9,10)11/h1-4H,(H,15,16)(H2,14,17,18);5-6H,4H2,1-3H3,(H,12,13). The molecule has 3 aromatic heterocycles. The van der Waals surface area contributed by atoms with Gasteiger partial charge in [-0.1, -0.05) is 32.4 Å². The fourth-order valence-electron chi connectivity index (χ4n) is 2.32. The fourth-order valence-corrected chi connectivity index (χ4v) is 2.48. The van der Waals surface area contributed by atoms with Gasteiger partial charge in [0.05, 0.1) is 11.2 Å². The highest BCUT2D eigenvalue weighted by atomic mass is 35.5. The van der Waals surface area contributed by atoms with Crippen molar-refractivity contribution < 1.29 is 22.4 Å². The number of anilines is 1. The summed E-state index contributed by atoms with van der Waals surface area (Å²) in [5.74, 6) is -1.40. The molecule has 1 amide bonds. The normalized spacial score (nSPS) is 12.4. The van der Waals surface area contributed by atoms with E-state index in [1.54, 1.807) is 33.0 Å². The number of hydrogen-bond donors (Lipinski definition) is 3. The molecule has 0 saturated carbocycles. The third-order valence-electron chi connectivity index (χ3n) is 4.39. The van der Waals surface area contributed by atoms with Crippen LogP contribution in [-0.4, -0.2) is 38.6 Å². The molecule has 31 heavy (non-hydrogen) atoms. The van der Waals surface area contributed by atoms with Crippen LogP contribution < -0.4 is 11.1 Å². The van der Waals surface area contributed by atoms with Gasteiger partial charge in [0.15, 0.2) is 17.5 Å². The highest BCUT2D eigenvalue weighted by Gasteiger charge is 2.29. The quantitative estimate of drug-likeness (QED) is 0.501. The number of nitrogens with two attached hydrogens (primary N) is 1. The molecule has 0 fully saturated rings. The van der Waals surface area contributed by atoms with Gasteiger partial charge in [0, 0.05) is 29.3 Å². The van der Waals surface area contributed by atoms with Gasteiger partial charge in [-0.3, -0.25) is 4.79 Å². The predicted octanol–water partition coefficient (Wildman–Crippen LogP) is 4.35. The van der Waals surface area contributed by atoms with Gasteiger partial charge >= 0.3 is 6.18 Å². The van der Waals surface area contributed by atoms with Crippen molar-refractivity contribution in [3.05, 3.63) is 35.5 Å². The van der Waals surface area contributed by atoms with Crippen molar-refractivity contribution in [2.45, 2.75) is 26.9 Å². The maximum Gasteiger partial charge on any atom is 0.405 e. The maximum absolute atomic E-state index is 13.0. The summed E-state index contributed by atoms with van der Waals surface area (Å²) in [7, 11) is 0. The zero-order chi connectivity index (χ0) is 23.3. The van der Waals surface area contributed by atoms with E-state index in [0.29, 0.717) is 22.1 Å². The summed E-state index contributed by atoms with van der Waals surface area (Å²) in [6.07, 6.45) is -0.0778. The number of carbonyl (C=O) groups excluding carboxylic acids is 1. The van der Waals surface area contributed by atoms with Crippen LogP contribution in [0, 0.1) is 17.7 Å². The second-order valence-electron chi connectivity index (χ2n) is 7.04. The molecule has 0 radical (unpaired) electrons. The molecule has 0 aliphatic heterocycles. The molecule has 0 saturated heterocycles. The number of carbonyl (C=O) groups is 1. The minimum absolute atomic E-state index is 0.0493. The summed E-state index contributed by atoms with van der Waals surface area (Å²) in [6.45, 7) is 3.94. The Balaban J connectivity index is 0.000000235. The molecule has 3 rings (SSSR count). The van der Waals surface area contributed by atoms with Gasteiger partial charge in [-0.25, -0.2) is 19.3 Å². The van der Waals surface area contributed by atoms with Gasteiger partial charge in [-0.15, -0.1) is 0 Å². The summed E-state index contributed by atoms with van der Waals surface area (Å²) in [6, 6.07) is 1.73. The molecule has 7 nitrogen and oxygen atoms in total. The number of nitrogens with one attached hydrogen (secondary N) is 2. The topological polar surface area (TPSA) is 110 Å². The summed E-state index contributed by atoms with van der Waals surface area (Å²) in [5.41, 5.74) is 6.75. The highest BCUT2D eigenvalue weighted by Crippen LogP contribution is 2.27. The lowest BCUT2D eigenvalue weighted by atomic mass is 9.97. The number of amides is 1. The van der Waals surface area contributed by atoms with E-state index in [0.717, 1.165) is 11.6 Å². The molecule has 0 aliphatic rings. The molecule has 1 atom stereocenters. The van der Waals surface area contributed by atoms with Crippen molar-refractivity contribution in [3.8, 4) is 11.4 Å². The number of rotatable bonds is 4. The van der Waals surface area contributed by atoms with Gasteiger partial charge in [-0.2, -0.15) is 13.2 Å². The molecule has 0 aliphatic carbocycles. The second-order valence-corrected chi connectivity index (χ2v) is 7.48. The molecule has 12 heteroatoms. The fraction of sp³-hybridized carbons (Fsp3) is 0.368. The number of alkyl halides is 3. The summed E-state index contributed by atoms with van der Waals surface area (Å²) in [4.78, 5) is 25.9. The predicted molar refractivity (Wildman–Crippen MR) is 110 cm³/mol. The Bertz CT molecular complexity index is 1050. The lowest BCUT2D eigenvalue weighted by Crippen LogP contribution is -2.38. The first-order valence-electron chi connectivity index (χ1n) is 9.14. The minimum Gasteiger partial charge on any atom is -0.381 e. The van der Waals surface area contributed by atoms with E-state index in [1.807, 2.05) is 5.32 Å². The zero-order valence-electron chi connectivity index (χ0n) is 16.9. The van der Waals surface area contributed by atoms with Crippen molar-refractivity contribution in [2.24, 2.45) is 11.8 Å². The van der Waals surface area contributed by atoms with Crippen LogP contribution in [-0.2, 0) is 4.79 Å². The van der Waals surface area contributed by atoms with Gasteiger partial charge in [0.1, 0.15) is 12.2 Å². The Kier molecular flexibility index (Phi) is 7.77. The molecule has 168 valence electrons. The van der Waals surface area contributed by atoms with Gasteiger partial charge in [0.2, 0.25) is 5.91 Å². The zero-order valence-corrected chi connectivity index (χ0v) is 17.6. The van der Waals surface area contributed by atoms with Crippen LogP contribution in [0.15, 0.2) is 24.7 Å². The van der Waals surface area contributed by atoms with Crippen LogP contribution in [0.3, 0.4) is 0 Å². The van der Waals surface area contributed by atoms with E-state index in [9.17, 15) is 22.4 Å². The Labute approximate surface area is 180 Å². The Hall–Kier alpha value is -2.95. The lowest BCUT2D eigenvalue weighted by molar-refractivity contribution is -0.141.